The number of carbonyl (C=O) groups is 4. The molecule has 1 atom stereocenters. The quantitative estimate of drug-likeness (QED) is 0.296. The summed E-state index contributed by atoms with van der Waals surface area (Å²) in [7, 11) is 0. The van der Waals surface area contributed by atoms with E-state index >= 15 is 0 Å². The molecular formula is C25H16Cl2N2O5. The number of ether oxygens (including phenoxy) is 1. The zero-order valence-corrected chi connectivity index (χ0v) is 19.0. The van der Waals surface area contributed by atoms with Crippen LogP contribution < -0.4 is 14.5 Å². The van der Waals surface area contributed by atoms with Crippen LogP contribution in [-0.2, 0) is 9.59 Å². The molecule has 0 unspecified atom stereocenters. The monoisotopic (exact) mass is 494 g/mol. The lowest BCUT2D eigenvalue weighted by Crippen LogP contribution is -2.29. The molecule has 1 saturated heterocycles. The number of imide groups is 1. The van der Waals surface area contributed by atoms with E-state index < -0.39 is 23.7 Å². The minimum atomic E-state index is -0.682. The molecule has 0 N–H and O–H groups in total. The minimum absolute atomic E-state index is 0.0190. The van der Waals surface area contributed by atoms with Gasteiger partial charge in [-0.25, -0.2) is 4.90 Å². The van der Waals surface area contributed by atoms with E-state index in [1.807, 2.05) is 0 Å². The molecule has 3 amide bonds. The summed E-state index contributed by atoms with van der Waals surface area (Å²) in [5.74, 6) is -2.09. The molecular weight excluding hydrogens is 479 g/mol. The highest BCUT2D eigenvalue weighted by atomic mass is 35.5. The van der Waals surface area contributed by atoms with Gasteiger partial charge in [-0.2, -0.15) is 0 Å². The summed E-state index contributed by atoms with van der Waals surface area (Å²) < 4.78 is 5.45. The fraction of sp³-hybridized carbons (Fsp3) is 0.120. The van der Waals surface area contributed by atoms with Crippen LogP contribution in [-0.4, -0.2) is 30.2 Å². The smallest absolute Gasteiger partial charge is 0.316 e. The minimum Gasteiger partial charge on any atom is -0.426 e. The van der Waals surface area contributed by atoms with Crippen molar-refractivity contribution in [3.05, 3.63) is 87.9 Å². The van der Waals surface area contributed by atoms with Gasteiger partial charge in [-0.1, -0.05) is 35.3 Å². The van der Waals surface area contributed by atoms with Gasteiger partial charge >= 0.3 is 5.97 Å². The summed E-state index contributed by atoms with van der Waals surface area (Å²) in [5.41, 5.74) is 1.50. The molecule has 0 aromatic heterocycles. The lowest BCUT2D eigenvalue weighted by molar-refractivity contribution is -0.139. The summed E-state index contributed by atoms with van der Waals surface area (Å²) in [4.78, 5) is 53.0. The summed E-state index contributed by atoms with van der Waals surface area (Å²) in [6.45, 7) is 0.116. The molecule has 2 heterocycles. The van der Waals surface area contributed by atoms with Gasteiger partial charge in [0.25, 0.3) is 11.8 Å². The summed E-state index contributed by atoms with van der Waals surface area (Å²) in [6, 6.07) is 17.5. The molecule has 0 aliphatic carbocycles. The molecule has 170 valence electrons. The SMILES string of the molecule is O=C(Oc1ccc(N2C(=O)c3ccccc3C2=O)cc1)[C@@H]1CC(=O)N(c2cc(Cl)ccc2Cl)C1. The van der Waals surface area contributed by atoms with E-state index in [-0.39, 0.29) is 24.6 Å². The highest BCUT2D eigenvalue weighted by Crippen LogP contribution is 2.34. The number of benzene rings is 3. The van der Waals surface area contributed by atoms with Crippen LogP contribution in [0.1, 0.15) is 27.1 Å². The predicted molar refractivity (Wildman–Crippen MR) is 127 cm³/mol. The Balaban J connectivity index is 1.27. The van der Waals surface area contributed by atoms with Gasteiger partial charge in [-0.15, -0.1) is 0 Å². The van der Waals surface area contributed by atoms with E-state index in [0.29, 0.717) is 32.5 Å². The topological polar surface area (TPSA) is 84.0 Å². The van der Waals surface area contributed by atoms with E-state index in [1.165, 1.54) is 29.2 Å². The zero-order valence-electron chi connectivity index (χ0n) is 17.5. The van der Waals surface area contributed by atoms with Crippen molar-refractivity contribution in [1.82, 2.24) is 0 Å². The first-order valence-corrected chi connectivity index (χ1v) is 11.1. The van der Waals surface area contributed by atoms with Gasteiger partial charge in [0.2, 0.25) is 5.91 Å². The third-order valence-corrected chi connectivity index (χ3v) is 6.32. The van der Waals surface area contributed by atoms with Crippen LogP contribution in [0.3, 0.4) is 0 Å². The van der Waals surface area contributed by atoms with Crippen LogP contribution in [0.25, 0.3) is 0 Å². The first-order valence-electron chi connectivity index (χ1n) is 10.4. The Morgan fingerprint density at radius 3 is 2.18 bits per heavy atom. The van der Waals surface area contributed by atoms with Crippen molar-refractivity contribution in [1.29, 1.82) is 0 Å². The fourth-order valence-electron chi connectivity index (χ4n) is 4.08. The number of carbonyl (C=O) groups excluding carboxylic acids is 4. The molecule has 7 nitrogen and oxygen atoms in total. The second-order valence-electron chi connectivity index (χ2n) is 7.91. The lowest BCUT2D eigenvalue weighted by atomic mass is 10.1. The van der Waals surface area contributed by atoms with E-state index in [0.717, 1.165) is 4.90 Å². The molecule has 2 aliphatic rings. The van der Waals surface area contributed by atoms with Gasteiger partial charge in [-0.05, 0) is 54.6 Å². The maximum Gasteiger partial charge on any atom is 0.316 e. The van der Waals surface area contributed by atoms with E-state index in [2.05, 4.69) is 0 Å². The second kappa shape index (κ2) is 8.59. The summed E-state index contributed by atoms with van der Waals surface area (Å²) in [5, 5.41) is 0.784. The number of nitrogens with zero attached hydrogens (tertiary/aromatic N) is 2. The first-order chi connectivity index (χ1) is 16.3. The molecule has 9 heteroatoms. The third kappa shape index (κ3) is 3.83. The number of amides is 3. The highest BCUT2D eigenvalue weighted by molar-refractivity contribution is 6.36. The van der Waals surface area contributed by atoms with E-state index in [1.54, 1.807) is 42.5 Å². The second-order valence-corrected chi connectivity index (χ2v) is 8.75. The number of hydrogen-bond acceptors (Lipinski definition) is 5. The van der Waals surface area contributed by atoms with Crippen LogP contribution in [0.15, 0.2) is 66.7 Å². The molecule has 2 aliphatic heterocycles. The molecule has 3 aromatic carbocycles. The summed E-state index contributed by atoms with van der Waals surface area (Å²) >= 11 is 12.2. The number of halogens is 2. The molecule has 34 heavy (non-hydrogen) atoms. The van der Waals surface area contributed by atoms with Crippen LogP contribution in [0, 0.1) is 5.92 Å². The van der Waals surface area contributed by atoms with Crippen molar-refractivity contribution in [2.24, 2.45) is 5.92 Å². The van der Waals surface area contributed by atoms with Gasteiger partial charge in [0, 0.05) is 18.0 Å². The lowest BCUT2D eigenvalue weighted by Gasteiger charge is -2.18. The molecule has 0 radical (unpaired) electrons. The molecule has 0 bridgehead atoms. The number of esters is 1. The molecule has 5 rings (SSSR count). The molecule has 0 saturated carbocycles. The standard InChI is InChI=1S/C25H16Cl2N2O5/c26-15-5-10-20(27)21(12-15)28-13-14(11-22(28)30)25(33)34-17-8-6-16(7-9-17)29-23(31)18-3-1-2-4-19(18)24(29)32/h1-10,12,14H,11,13H2/t14-/m1/s1. The largest absolute Gasteiger partial charge is 0.426 e. The number of anilines is 2. The Morgan fingerprint density at radius 1 is 0.882 bits per heavy atom. The molecule has 3 aromatic rings. The number of hydrogen-bond donors (Lipinski definition) is 0. The fourth-order valence-corrected chi connectivity index (χ4v) is 4.46. The van der Waals surface area contributed by atoms with Crippen molar-refractivity contribution in [3.63, 3.8) is 0 Å². The first kappa shape index (κ1) is 22.1. The Hall–Kier alpha value is -3.68. The Morgan fingerprint density at radius 2 is 1.53 bits per heavy atom. The van der Waals surface area contributed by atoms with Crippen LogP contribution in [0.5, 0.6) is 5.75 Å². The van der Waals surface area contributed by atoms with Gasteiger partial charge in [0.1, 0.15) is 5.75 Å². The molecule has 1 fully saturated rings. The number of fused-ring (bicyclic) bond motifs is 1. The average Bonchev–Trinajstić information content (AvgIpc) is 3.34. The van der Waals surface area contributed by atoms with E-state index in [4.69, 9.17) is 27.9 Å². The van der Waals surface area contributed by atoms with Gasteiger partial charge in [0.15, 0.2) is 0 Å². The summed E-state index contributed by atoms with van der Waals surface area (Å²) in [6.07, 6.45) is -0.0190. The van der Waals surface area contributed by atoms with Gasteiger partial charge < -0.3 is 9.64 Å². The van der Waals surface area contributed by atoms with Crippen molar-refractivity contribution < 1.29 is 23.9 Å². The molecule has 0 spiro atoms. The van der Waals surface area contributed by atoms with Crippen LogP contribution in [0.2, 0.25) is 10.0 Å². The van der Waals surface area contributed by atoms with Gasteiger partial charge in [-0.3, -0.25) is 19.2 Å². The normalized spacial score (nSPS) is 17.4. The third-order valence-electron chi connectivity index (χ3n) is 5.76. The maximum atomic E-state index is 12.7. The van der Waals surface area contributed by atoms with Crippen molar-refractivity contribution in [2.75, 3.05) is 16.3 Å². The maximum absolute atomic E-state index is 12.7. The Labute approximate surface area is 204 Å². The van der Waals surface area contributed by atoms with Crippen LogP contribution >= 0.6 is 23.2 Å². The van der Waals surface area contributed by atoms with Crippen LogP contribution in [0.4, 0.5) is 11.4 Å². The van der Waals surface area contributed by atoms with E-state index in [9.17, 15) is 19.2 Å². The highest BCUT2D eigenvalue weighted by Gasteiger charge is 2.38. The van der Waals surface area contributed by atoms with Crippen molar-refractivity contribution in [2.45, 2.75) is 6.42 Å². The van der Waals surface area contributed by atoms with Crippen molar-refractivity contribution >= 4 is 58.3 Å². The Bertz CT molecular complexity index is 1320. The van der Waals surface area contributed by atoms with Gasteiger partial charge in [0.05, 0.1) is 33.4 Å². The Kier molecular flexibility index (Phi) is 5.59. The van der Waals surface area contributed by atoms with Crippen molar-refractivity contribution in [3.8, 4) is 5.75 Å². The zero-order chi connectivity index (χ0) is 24.0. The predicted octanol–water partition coefficient (Wildman–Crippen LogP) is 4.75. The average molecular weight is 495 g/mol. The number of rotatable bonds is 4.